The van der Waals surface area contributed by atoms with Gasteiger partial charge in [-0.1, -0.05) is 32.1 Å². The maximum absolute atomic E-state index is 13.0. The standard InChI is InChI=1S/C23H34N4O2/c28-22-8-4-7-20-18-12-19(21(27(20)22)11-17-5-2-1-3-6-17)14-26(13-18)23(29)15-25-10-9-24-16-25/h9-10,16-21H,1-8,11-15H2/t18-,19+,20+,21+/m1/s1. The zero-order chi connectivity index (χ0) is 19.8. The van der Waals surface area contributed by atoms with Crippen LogP contribution < -0.4 is 0 Å². The molecule has 0 unspecified atom stereocenters. The first-order chi connectivity index (χ1) is 14.2. The zero-order valence-corrected chi connectivity index (χ0v) is 17.4. The Labute approximate surface area is 173 Å². The summed E-state index contributed by atoms with van der Waals surface area (Å²) in [6, 6.07) is 0.695. The van der Waals surface area contributed by atoms with Crippen molar-refractivity contribution in [1.82, 2.24) is 19.4 Å². The van der Waals surface area contributed by atoms with E-state index in [-0.39, 0.29) is 5.91 Å². The first-order valence-electron chi connectivity index (χ1n) is 11.7. The maximum Gasteiger partial charge on any atom is 0.242 e. The lowest BCUT2D eigenvalue weighted by atomic mass is 9.69. The molecule has 6 heteroatoms. The number of nitrogens with zero attached hydrogens (tertiary/aromatic N) is 4. The van der Waals surface area contributed by atoms with E-state index >= 15 is 0 Å². The van der Waals surface area contributed by atoms with Crippen molar-refractivity contribution in [3.8, 4) is 0 Å². The fraction of sp³-hybridized carbons (Fsp3) is 0.783. The van der Waals surface area contributed by atoms with Crippen LogP contribution in [0.4, 0.5) is 0 Å². The summed E-state index contributed by atoms with van der Waals surface area (Å²) in [5.74, 6) is 2.24. The van der Waals surface area contributed by atoms with E-state index in [1.165, 1.54) is 38.5 Å². The molecule has 0 N–H and O–H groups in total. The van der Waals surface area contributed by atoms with Crippen LogP contribution in [0.2, 0.25) is 0 Å². The first-order valence-corrected chi connectivity index (χ1v) is 11.7. The summed E-state index contributed by atoms with van der Waals surface area (Å²) < 4.78 is 1.86. The van der Waals surface area contributed by atoms with Gasteiger partial charge in [-0.05, 0) is 43.4 Å². The minimum Gasteiger partial charge on any atom is -0.340 e. The molecule has 2 amide bonds. The first kappa shape index (κ1) is 19.1. The second kappa shape index (κ2) is 8.11. The van der Waals surface area contributed by atoms with Crippen molar-refractivity contribution in [2.24, 2.45) is 17.8 Å². The highest BCUT2D eigenvalue weighted by Crippen LogP contribution is 2.44. The Hall–Kier alpha value is -1.85. The highest BCUT2D eigenvalue weighted by Gasteiger charge is 2.50. The molecule has 0 spiro atoms. The summed E-state index contributed by atoms with van der Waals surface area (Å²) in [5, 5.41) is 0. The predicted octanol–water partition coefficient (Wildman–Crippen LogP) is 3.08. The molecule has 3 aliphatic heterocycles. The number of fused-ring (bicyclic) bond motifs is 4. The molecule has 4 aliphatic rings. The summed E-state index contributed by atoms with van der Waals surface area (Å²) in [6.45, 7) is 2.01. The number of carbonyl (C=O) groups is 2. The summed E-state index contributed by atoms with van der Waals surface area (Å²) in [6.07, 6.45) is 17.2. The van der Waals surface area contributed by atoms with Crippen LogP contribution in [0.3, 0.4) is 0 Å². The molecule has 1 saturated carbocycles. The van der Waals surface area contributed by atoms with E-state index in [0.717, 1.165) is 44.7 Å². The van der Waals surface area contributed by atoms with Crippen LogP contribution >= 0.6 is 0 Å². The van der Waals surface area contributed by atoms with Gasteiger partial charge in [0.2, 0.25) is 11.8 Å². The van der Waals surface area contributed by atoms with Crippen LogP contribution in [0.25, 0.3) is 0 Å². The van der Waals surface area contributed by atoms with Crippen molar-refractivity contribution < 1.29 is 9.59 Å². The van der Waals surface area contributed by atoms with Crippen molar-refractivity contribution >= 4 is 11.8 Å². The SMILES string of the molecule is O=C(Cn1ccnc1)N1C[C@H]2C[C@@H](C1)[C@H](CC1CCCCC1)N1C(=O)CCC[C@@H]21. The highest BCUT2D eigenvalue weighted by atomic mass is 16.2. The minimum atomic E-state index is 0.199. The van der Waals surface area contributed by atoms with E-state index in [1.807, 2.05) is 10.8 Å². The lowest BCUT2D eigenvalue weighted by Crippen LogP contribution is -2.66. The minimum absolute atomic E-state index is 0.199. The lowest BCUT2D eigenvalue weighted by molar-refractivity contribution is -0.157. The molecule has 0 radical (unpaired) electrons. The van der Waals surface area contributed by atoms with Crippen molar-refractivity contribution in [3.05, 3.63) is 18.7 Å². The molecule has 4 heterocycles. The van der Waals surface area contributed by atoms with E-state index in [0.29, 0.717) is 36.4 Å². The second-order valence-electron chi connectivity index (χ2n) is 9.86. The van der Waals surface area contributed by atoms with Crippen LogP contribution in [0.5, 0.6) is 0 Å². The van der Waals surface area contributed by atoms with E-state index in [4.69, 9.17) is 0 Å². The van der Waals surface area contributed by atoms with Gasteiger partial charge in [0, 0.05) is 44.0 Å². The van der Waals surface area contributed by atoms with E-state index in [1.54, 1.807) is 12.5 Å². The number of likely N-dealkylation sites (tertiary alicyclic amines) is 1. The molecular weight excluding hydrogens is 364 g/mol. The third kappa shape index (κ3) is 3.82. The smallest absolute Gasteiger partial charge is 0.242 e. The van der Waals surface area contributed by atoms with Crippen LogP contribution in [-0.4, -0.2) is 56.3 Å². The Kier molecular flexibility index (Phi) is 5.35. The third-order valence-electron chi connectivity index (χ3n) is 8.03. The van der Waals surface area contributed by atoms with Gasteiger partial charge in [-0.2, -0.15) is 0 Å². The Morgan fingerprint density at radius 2 is 1.90 bits per heavy atom. The Morgan fingerprint density at radius 3 is 2.69 bits per heavy atom. The predicted molar refractivity (Wildman–Crippen MR) is 110 cm³/mol. The monoisotopic (exact) mass is 398 g/mol. The second-order valence-corrected chi connectivity index (χ2v) is 9.86. The molecule has 4 atom stereocenters. The third-order valence-corrected chi connectivity index (χ3v) is 8.03. The Bertz CT molecular complexity index is 727. The summed E-state index contributed by atoms with van der Waals surface area (Å²) in [4.78, 5) is 34.5. The summed E-state index contributed by atoms with van der Waals surface area (Å²) in [5.41, 5.74) is 0. The van der Waals surface area contributed by atoms with E-state index in [9.17, 15) is 9.59 Å². The van der Waals surface area contributed by atoms with Gasteiger partial charge in [0.15, 0.2) is 0 Å². The van der Waals surface area contributed by atoms with Crippen molar-refractivity contribution in [2.45, 2.75) is 82.8 Å². The average Bonchev–Trinajstić information content (AvgIpc) is 3.25. The van der Waals surface area contributed by atoms with E-state index in [2.05, 4.69) is 14.8 Å². The highest BCUT2D eigenvalue weighted by molar-refractivity contribution is 5.78. The van der Waals surface area contributed by atoms with Crippen LogP contribution in [0.15, 0.2) is 18.7 Å². The molecule has 1 aromatic rings. The summed E-state index contributed by atoms with van der Waals surface area (Å²) in [7, 11) is 0. The van der Waals surface area contributed by atoms with Gasteiger partial charge in [-0.25, -0.2) is 4.98 Å². The Balaban J connectivity index is 1.35. The molecule has 2 bridgehead atoms. The number of rotatable bonds is 4. The van der Waals surface area contributed by atoms with Crippen LogP contribution in [0.1, 0.15) is 64.2 Å². The number of hydrogen-bond acceptors (Lipinski definition) is 3. The fourth-order valence-electron chi connectivity index (χ4n) is 6.68. The average molecular weight is 399 g/mol. The van der Waals surface area contributed by atoms with Gasteiger partial charge in [0.1, 0.15) is 6.54 Å². The van der Waals surface area contributed by atoms with Gasteiger partial charge in [0.25, 0.3) is 0 Å². The molecular formula is C23H34N4O2. The van der Waals surface area contributed by atoms with Gasteiger partial charge >= 0.3 is 0 Å². The molecule has 158 valence electrons. The number of aromatic nitrogens is 2. The summed E-state index contributed by atoms with van der Waals surface area (Å²) >= 11 is 0. The van der Waals surface area contributed by atoms with Gasteiger partial charge in [0.05, 0.1) is 6.33 Å². The zero-order valence-electron chi connectivity index (χ0n) is 17.4. The number of hydrogen-bond donors (Lipinski definition) is 0. The number of piperidine rings is 3. The molecule has 4 fully saturated rings. The Morgan fingerprint density at radius 1 is 1.07 bits per heavy atom. The van der Waals surface area contributed by atoms with Crippen molar-refractivity contribution in [3.63, 3.8) is 0 Å². The number of amides is 2. The van der Waals surface area contributed by atoms with Crippen molar-refractivity contribution in [1.29, 1.82) is 0 Å². The lowest BCUT2D eigenvalue weighted by Gasteiger charge is -2.57. The van der Waals surface area contributed by atoms with Crippen LogP contribution in [-0.2, 0) is 16.1 Å². The molecule has 1 aliphatic carbocycles. The number of imidazole rings is 1. The molecule has 1 aromatic heterocycles. The maximum atomic E-state index is 13.0. The largest absolute Gasteiger partial charge is 0.340 e. The quantitative estimate of drug-likeness (QED) is 0.783. The molecule has 5 rings (SSSR count). The molecule has 6 nitrogen and oxygen atoms in total. The fourth-order valence-corrected chi connectivity index (χ4v) is 6.68. The molecule has 29 heavy (non-hydrogen) atoms. The van der Waals surface area contributed by atoms with Gasteiger partial charge in [-0.3, -0.25) is 9.59 Å². The molecule has 3 saturated heterocycles. The van der Waals surface area contributed by atoms with Gasteiger partial charge in [-0.15, -0.1) is 0 Å². The van der Waals surface area contributed by atoms with Crippen molar-refractivity contribution in [2.75, 3.05) is 13.1 Å². The van der Waals surface area contributed by atoms with Crippen LogP contribution in [0, 0.1) is 17.8 Å². The normalized spacial score (nSPS) is 32.9. The van der Waals surface area contributed by atoms with E-state index < -0.39 is 0 Å². The topological polar surface area (TPSA) is 58.4 Å². The molecule has 0 aromatic carbocycles. The number of carbonyl (C=O) groups excluding carboxylic acids is 2. The van der Waals surface area contributed by atoms with Gasteiger partial charge < -0.3 is 14.4 Å².